The molecule has 0 atom stereocenters. The number of methoxy groups -OCH3 is 2. The van der Waals surface area contributed by atoms with Crippen LogP contribution >= 0.6 is 39.7 Å². The summed E-state index contributed by atoms with van der Waals surface area (Å²) < 4.78 is 38.6. The summed E-state index contributed by atoms with van der Waals surface area (Å²) in [7, 11) is -1.15. The molecule has 0 amide bonds. The second kappa shape index (κ2) is 10.3. The number of ether oxygens (including phenoxy) is 2. The molecule has 0 bridgehead atoms. The smallest absolute Gasteiger partial charge is 0.321 e. The maximum absolute atomic E-state index is 12.7. The van der Waals surface area contributed by atoms with Gasteiger partial charge in [0.1, 0.15) is 0 Å². The summed E-state index contributed by atoms with van der Waals surface area (Å²) in [6.07, 6.45) is 0. The zero-order valence-corrected chi connectivity index (χ0v) is 20.7. The number of halogens is 2. The molecule has 13 heteroatoms. The van der Waals surface area contributed by atoms with Gasteiger partial charge >= 0.3 is 6.01 Å². The summed E-state index contributed by atoms with van der Waals surface area (Å²) in [5.74, 6) is 0.161. The van der Waals surface area contributed by atoms with E-state index in [0.717, 1.165) is 4.47 Å². The first-order valence-corrected chi connectivity index (χ1v) is 11.9. The average molecular weight is 559 g/mol. The molecule has 0 radical (unpaired) electrons. The quantitative estimate of drug-likeness (QED) is 0.360. The fraction of sp³-hybridized carbons (Fsp3) is 0.105. The topological polar surface area (TPSA) is 114 Å². The molecule has 0 unspecified atom stereocenters. The molecule has 9 nitrogen and oxygen atoms in total. The van der Waals surface area contributed by atoms with Crippen LogP contribution in [0.2, 0.25) is 5.02 Å². The first kappa shape index (κ1) is 24.0. The third-order valence-corrected chi connectivity index (χ3v) is 6.30. The summed E-state index contributed by atoms with van der Waals surface area (Å²) >= 11 is 14.8. The molecule has 3 aromatic rings. The first-order chi connectivity index (χ1) is 15.2. The summed E-state index contributed by atoms with van der Waals surface area (Å²) in [5, 5.41) is 6.74. The lowest BCUT2D eigenvalue weighted by Crippen LogP contribution is -2.19. The zero-order valence-electron chi connectivity index (χ0n) is 16.7. The summed E-state index contributed by atoms with van der Waals surface area (Å²) in [6, 6.07) is 12.7. The molecular formula is C19H17BrClN5O4S2. The number of rotatable bonds is 7. The van der Waals surface area contributed by atoms with E-state index >= 15 is 0 Å². The Labute approximate surface area is 203 Å². The monoisotopic (exact) mass is 557 g/mol. The van der Waals surface area contributed by atoms with Gasteiger partial charge in [-0.2, -0.15) is 9.97 Å². The normalized spacial score (nSPS) is 10.9. The van der Waals surface area contributed by atoms with Crippen LogP contribution in [0.1, 0.15) is 0 Å². The van der Waals surface area contributed by atoms with Crippen molar-refractivity contribution in [3.63, 3.8) is 0 Å². The van der Waals surface area contributed by atoms with E-state index in [1.807, 2.05) is 6.07 Å². The van der Waals surface area contributed by atoms with Crippen molar-refractivity contribution in [2.75, 3.05) is 29.6 Å². The van der Waals surface area contributed by atoms with Crippen molar-refractivity contribution in [3.8, 4) is 11.9 Å². The minimum Gasteiger partial charge on any atom is -0.481 e. The molecule has 0 spiro atoms. The SMILES string of the molecule is COc1cc(NS(=O)(=O)c2ccc(NC(=S)Nc3ccc(Br)cc3Cl)cc2)nc(OC)n1. The molecule has 0 fully saturated rings. The van der Waals surface area contributed by atoms with Crippen molar-refractivity contribution in [1.29, 1.82) is 0 Å². The highest BCUT2D eigenvalue weighted by Gasteiger charge is 2.17. The zero-order chi connectivity index (χ0) is 23.3. The van der Waals surface area contributed by atoms with E-state index in [2.05, 4.69) is 41.3 Å². The lowest BCUT2D eigenvalue weighted by atomic mass is 10.3. The van der Waals surface area contributed by atoms with Crippen molar-refractivity contribution < 1.29 is 17.9 Å². The van der Waals surface area contributed by atoms with Crippen LogP contribution in [0.4, 0.5) is 17.2 Å². The van der Waals surface area contributed by atoms with Crippen molar-refractivity contribution in [1.82, 2.24) is 9.97 Å². The number of nitrogens with zero attached hydrogens (tertiary/aromatic N) is 2. The number of thiocarbonyl (C=S) groups is 1. The number of aromatic nitrogens is 2. The van der Waals surface area contributed by atoms with Crippen LogP contribution < -0.4 is 24.8 Å². The van der Waals surface area contributed by atoms with Crippen molar-refractivity contribution in [2.45, 2.75) is 4.90 Å². The average Bonchev–Trinajstić information content (AvgIpc) is 2.75. The highest BCUT2D eigenvalue weighted by molar-refractivity contribution is 9.10. The number of anilines is 3. The molecule has 0 saturated carbocycles. The molecule has 0 saturated heterocycles. The summed E-state index contributed by atoms with van der Waals surface area (Å²) in [4.78, 5) is 7.91. The Bertz CT molecular complexity index is 1220. The summed E-state index contributed by atoms with van der Waals surface area (Å²) in [5.41, 5.74) is 1.21. The molecule has 2 aromatic carbocycles. The predicted molar refractivity (Wildman–Crippen MR) is 131 cm³/mol. The molecule has 0 aliphatic heterocycles. The predicted octanol–water partition coefficient (Wildman–Crippen LogP) is 4.52. The Kier molecular flexibility index (Phi) is 7.72. The largest absolute Gasteiger partial charge is 0.481 e. The summed E-state index contributed by atoms with van der Waals surface area (Å²) in [6.45, 7) is 0. The minimum absolute atomic E-state index is 0.00709. The second-order valence-electron chi connectivity index (χ2n) is 6.12. The van der Waals surface area contributed by atoms with E-state index < -0.39 is 10.0 Å². The fourth-order valence-electron chi connectivity index (χ4n) is 2.44. The highest BCUT2D eigenvalue weighted by atomic mass is 79.9. The van der Waals surface area contributed by atoms with Gasteiger partial charge in [0.15, 0.2) is 10.9 Å². The van der Waals surface area contributed by atoms with Gasteiger partial charge in [0.2, 0.25) is 5.88 Å². The molecule has 0 aliphatic rings. The molecule has 168 valence electrons. The van der Waals surface area contributed by atoms with Crippen LogP contribution in [-0.2, 0) is 10.0 Å². The van der Waals surface area contributed by atoms with E-state index in [0.29, 0.717) is 21.5 Å². The Hall–Kier alpha value is -2.67. The van der Waals surface area contributed by atoms with Gasteiger partial charge in [0.25, 0.3) is 10.0 Å². The van der Waals surface area contributed by atoms with Crippen molar-refractivity contribution in [3.05, 3.63) is 58.0 Å². The van der Waals surface area contributed by atoms with Crippen molar-refractivity contribution >= 4 is 72.1 Å². The van der Waals surface area contributed by atoms with Crippen LogP contribution in [0, 0.1) is 0 Å². The molecule has 3 rings (SSSR count). The lowest BCUT2D eigenvalue weighted by molar-refractivity contribution is 0.353. The Morgan fingerprint density at radius 2 is 1.75 bits per heavy atom. The standard InChI is InChI=1S/C19H17BrClN5O4S2/c1-29-17-10-16(24-18(25-17)30-2)26-32(27,28)13-6-4-12(5-7-13)22-19(31)23-15-8-3-11(20)9-14(15)21/h3-10H,1-2H3,(H2,22,23,31)(H,24,25,26). The molecule has 0 aliphatic carbocycles. The van der Waals surface area contributed by atoms with Gasteiger partial charge < -0.3 is 20.1 Å². The Morgan fingerprint density at radius 1 is 1.03 bits per heavy atom. The molecular weight excluding hydrogens is 542 g/mol. The van der Waals surface area contributed by atoms with E-state index in [9.17, 15) is 8.42 Å². The van der Waals surface area contributed by atoms with Gasteiger partial charge in [-0.05, 0) is 54.7 Å². The third kappa shape index (κ3) is 6.19. The van der Waals surface area contributed by atoms with Gasteiger partial charge in [-0.25, -0.2) is 8.42 Å². The van der Waals surface area contributed by atoms with E-state index in [1.54, 1.807) is 24.3 Å². The van der Waals surface area contributed by atoms with E-state index in [4.69, 9.17) is 33.3 Å². The van der Waals surface area contributed by atoms with Gasteiger partial charge in [-0.15, -0.1) is 0 Å². The van der Waals surface area contributed by atoms with Gasteiger partial charge in [0.05, 0.1) is 29.8 Å². The Morgan fingerprint density at radius 3 is 2.38 bits per heavy atom. The second-order valence-corrected chi connectivity index (χ2v) is 9.53. The molecule has 3 N–H and O–H groups in total. The number of hydrogen-bond donors (Lipinski definition) is 3. The maximum atomic E-state index is 12.7. The third-order valence-electron chi connectivity index (χ3n) is 3.91. The molecule has 1 aromatic heterocycles. The van der Waals surface area contributed by atoms with Gasteiger partial charge in [-0.1, -0.05) is 27.5 Å². The Balaban J connectivity index is 1.69. The number of hydrogen-bond acceptors (Lipinski definition) is 7. The molecule has 32 heavy (non-hydrogen) atoms. The van der Waals surface area contributed by atoms with E-state index in [1.165, 1.54) is 32.4 Å². The van der Waals surface area contributed by atoms with Crippen LogP contribution in [-0.4, -0.2) is 37.7 Å². The number of nitrogens with one attached hydrogen (secondary N) is 3. The van der Waals surface area contributed by atoms with Crippen LogP contribution in [0.5, 0.6) is 11.9 Å². The van der Waals surface area contributed by atoms with Crippen LogP contribution in [0.15, 0.2) is 57.9 Å². The van der Waals surface area contributed by atoms with Crippen molar-refractivity contribution in [2.24, 2.45) is 0 Å². The lowest BCUT2D eigenvalue weighted by Gasteiger charge is -2.13. The number of benzene rings is 2. The first-order valence-electron chi connectivity index (χ1n) is 8.83. The molecule has 1 heterocycles. The van der Waals surface area contributed by atoms with Crippen LogP contribution in [0.25, 0.3) is 0 Å². The van der Waals surface area contributed by atoms with E-state index in [-0.39, 0.29) is 22.6 Å². The highest BCUT2D eigenvalue weighted by Crippen LogP contribution is 2.26. The minimum atomic E-state index is -3.92. The van der Waals surface area contributed by atoms with Gasteiger partial charge in [-0.3, -0.25) is 4.72 Å². The fourth-order valence-corrected chi connectivity index (χ4v) is 4.38. The van der Waals surface area contributed by atoms with Crippen LogP contribution in [0.3, 0.4) is 0 Å². The van der Waals surface area contributed by atoms with Gasteiger partial charge in [0, 0.05) is 16.2 Å². The number of sulfonamides is 1. The maximum Gasteiger partial charge on any atom is 0.321 e.